The van der Waals surface area contributed by atoms with Gasteiger partial charge in [-0.1, -0.05) is 0 Å². The third-order valence-electron chi connectivity index (χ3n) is 2.86. The number of nitrogens with zero attached hydrogens (tertiary/aromatic N) is 1. The minimum absolute atomic E-state index is 0.0145. The summed E-state index contributed by atoms with van der Waals surface area (Å²) in [6.45, 7) is 4.29. The Hall–Kier alpha value is -0.720. The lowest BCUT2D eigenvalue weighted by atomic mass is 10.1. The van der Waals surface area contributed by atoms with Crippen molar-refractivity contribution in [3.63, 3.8) is 0 Å². The van der Waals surface area contributed by atoms with Crippen LogP contribution in [-0.4, -0.2) is 37.3 Å². The molecule has 1 aromatic rings. The fourth-order valence-electron chi connectivity index (χ4n) is 2.02. The highest BCUT2D eigenvalue weighted by Gasteiger charge is 2.30. The summed E-state index contributed by atoms with van der Waals surface area (Å²) in [7, 11) is -3.18. The zero-order chi connectivity index (χ0) is 12.6. The summed E-state index contributed by atoms with van der Waals surface area (Å²) in [5.41, 5.74) is 0.662. The van der Waals surface area contributed by atoms with Crippen LogP contribution in [0.1, 0.15) is 26.5 Å². The van der Waals surface area contributed by atoms with Crippen LogP contribution in [0.4, 0.5) is 0 Å². The van der Waals surface area contributed by atoms with Crippen molar-refractivity contribution in [1.29, 1.82) is 0 Å². The monoisotopic (exact) mass is 273 g/mol. The second-order valence-corrected chi connectivity index (χ2v) is 7.80. The summed E-state index contributed by atoms with van der Waals surface area (Å²) in [5.74, 6) is 0.0689. The Balaban J connectivity index is 2.15. The van der Waals surface area contributed by atoms with Crippen LogP contribution in [0.3, 0.4) is 0 Å². The molecule has 1 saturated heterocycles. The highest BCUT2D eigenvalue weighted by atomic mass is 32.2. The predicted octanol–water partition coefficient (Wildman–Crippen LogP) is 1.58. The van der Waals surface area contributed by atoms with Gasteiger partial charge < -0.3 is 0 Å². The lowest BCUT2D eigenvalue weighted by Crippen LogP contribution is -2.31. The molecule has 0 bridgehead atoms. The van der Waals surface area contributed by atoms with E-state index in [4.69, 9.17) is 0 Å². The fourth-order valence-corrected chi connectivity index (χ4v) is 4.44. The quantitative estimate of drug-likeness (QED) is 0.786. The van der Waals surface area contributed by atoms with Crippen molar-refractivity contribution in [2.24, 2.45) is 0 Å². The number of carbonyl (C=O) groups is 1. The zero-order valence-corrected chi connectivity index (χ0v) is 11.5. The summed E-state index contributed by atoms with van der Waals surface area (Å²) < 4.78 is 24.5. The summed E-state index contributed by atoms with van der Waals surface area (Å²) in [4.78, 5) is 14.1. The molecule has 0 radical (unpaired) electrons. The maximum absolute atomic E-state index is 12.0. The molecule has 0 aliphatic carbocycles. The van der Waals surface area contributed by atoms with Gasteiger partial charge in [0.2, 0.25) is 10.0 Å². The molecule has 0 N–H and O–H groups in total. The third kappa shape index (κ3) is 2.59. The summed E-state index contributed by atoms with van der Waals surface area (Å²) in [5, 5.41) is 0. The van der Waals surface area contributed by atoms with E-state index in [0.717, 1.165) is 9.75 Å². The van der Waals surface area contributed by atoms with Gasteiger partial charge in [-0.25, -0.2) is 8.42 Å². The smallest absolute Gasteiger partial charge is 0.214 e. The van der Waals surface area contributed by atoms with E-state index in [1.54, 1.807) is 11.3 Å². The molecule has 0 amide bonds. The molecule has 1 aliphatic heterocycles. The molecule has 0 spiro atoms. The van der Waals surface area contributed by atoms with Crippen LogP contribution in [0.2, 0.25) is 0 Å². The van der Waals surface area contributed by atoms with Crippen molar-refractivity contribution in [3.8, 4) is 0 Å². The third-order valence-corrected chi connectivity index (χ3v) is 5.73. The van der Waals surface area contributed by atoms with Crippen LogP contribution in [0.5, 0.6) is 0 Å². The van der Waals surface area contributed by atoms with Gasteiger partial charge in [0.15, 0.2) is 5.78 Å². The first-order chi connectivity index (χ1) is 7.90. The van der Waals surface area contributed by atoms with E-state index < -0.39 is 10.0 Å². The molecule has 0 saturated carbocycles. The van der Waals surface area contributed by atoms with Crippen molar-refractivity contribution in [3.05, 3.63) is 21.4 Å². The molecule has 0 atom stereocenters. The SMILES string of the molecule is Cc1cc(C(=O)CN2CCCS2(=O)=O)c(C)s1. The van der Waals surface area contributed by atoms with Crippen LogP contribution in [0.15, 0.2) is 6.07 Å². The van der Waals surface area contributed by atoms with E-state index in [9.17, 15) is 13.2 Å². The summed E-state index contributed by atoms with van der Waals surface area (Å²) in [6.07, 6.45) is 0.622. The van der Waals surface area contributed by atoms with Gasteiger partial charge >= 0.3 is 0 Å². The number of ketones is 1. The number of sulfonamides is 1. The molecule has 0 unspecified atom stereocenters. The maximum Gasteiger partial charge on any atom is 0.214 e. The number of hydrogen-bond acceptors (Lipinski definition) is 4. The first kappa shape index (κ1) is 12.7. The van der Waals surface area contributed by atoms with Gasteiger partial charge in [-0.3, -0.25) is 4.79 Å². The number of hydrogen-bond donors (Lipinski definition) is 0. The van der Waals surface area contributed by atoms with Crippen molar-refractivity contribution in [2.75, 3.05) is 18.8 Å². The van der Waals surface area contributed by atoms with Gasteiger partial charge in [-0.2, -0.15) is 4.31 Å². The molecule has 1 fully saturated rings. The second kappa shape index (κ2) is 4.51. The summed E-state index contributed by atoms with van der Waals surface area (Å²) in [6, 6.07) is 1.84. The van der Waals surface area contributed by atoms with E-state index in [-0.39, 0.29) is 18.1 Å². The van der Waals surface area contributed by atoms with E-state index in [1.807, 2.05) is 19.9 Å². The first-order valence-electron chi connectivity index (χ1n) is 5.48. The van der Waals surface area contributed by atoms with Crippen molar-refractivity contribution in [1.82, 2.24) is 4.31 Å². The standard InChI is InChI=1S/C11H15NO3S2/c1-8-6-10(9(2)16-8)11(13)7-12-4-3-5-17(12,14)15/h6H,3-5,7H2,1-2H3. The molecule has 4 nitrogen and oxygen atoms in total. The minimum atomic E-state index is -3.18. The van der Waals surface area contributed by atoms with E-state index in [0.29, 0.717) is 18.5 Å². The van der Waals surface area contributed by atoms with Crippen molar-refractivity contribution >= 4 is 27.1 Å². The van der Waals surface area contributed by atoms with Gasteiger partial charge in [-0.15, -0.1) is 11.3 Å². The lowest BCUT2D eigenvalue weighted by Gasteiger charge is -2.12. The lowest BCUT2D eigenvalue weighted by molar-refractivity contribution is 0.0969. The largest absolute Gasteiger partial charge is 0.293 e. The van der Waals surface area contributed by atoms with Crippen LogP contribution >= 0.6 is 11.3 Å². The average molecular weight is 273 g/mol. The molecular weight excluding hydrogens is 258 g/mol. The number of thiophene rings is 1. The molecule has 0 aromatic carbocycles. The van der Waals surface area contributed by atoms with Crippen LogP contribution < -0.4 is 0 Å². The Labute approximate surface area is 105 Å². The minimum Gasteiger partial charge on any atom is -0.293 e. The van der Waals surface area contributed by atoms with E-state index >= 15 is 0 Å². The van der Waals surface area contributed by atoms with Crippen molar-refractivity contribution in [2.45, 2.75) is 20.3 Å². The highest BCUT2D eigenvalue weighted by Crippen LogP contribution is 2.22. The maximum atomic E-state index is 12.0. The molecule has 2 heterocycles. The number of aryl methyl sites for hydroxylation is 2. The molecule has 1 aromatic heterocycles. The first-order valence-corrected chi connectivity index (χ1v) is 7.91. The Morgan fingerprint density at radius 2 is 2.18 bits per heavy atom. The van der Waals surface area contributed by atoms with Crippen LogP contribution in [0.25, 0.3) is 0 Å². The van der Waals surface area contributed by atoms with Gasteiger partial charge in [0.25, 0.3) is 0 Å². The highest BCUT2D eigenvalue weighted by molar-refractivity contribution is 7.89. The Morgan fingerprint density at radius 3 is 2.65 bits per heavy atom. The zero-order valence-electron chi connectivity index (χ0n) is 9.89. The molecule has 94 valence electrons. The van der Waals surface area contributed by atoms with Crippen molar-refractivity contribution < 1.29 is 13.2 Å². The Bertz CT molecular complexity index is 545. The van der Waals surface area contributed by atoms with Crippen LogP contribution in [0, 0.1) is 13.8 Å². The van der Waals surface area contributed by atoms with Gasteiger partial charge in [0.1, 0.15) is 0 Å². The van der Waals surface area contributed by atoms with E-state index in [2.05, 4.69) is 0 Å². The van der Waals surface area contributed by atoms with Crippen LogP contribution in [-0.2, 0) is 10.0 Å². The molecular formula is C11H15NO3S2. The molecule has 17 heavy (non-hydrogen) atoms. The number of carbonyl (C=O) groups excluding carboxylic acids is 1. The molecule has 1 aliphatic rings. The van der Waals surface area contributed by atoms with Gasteiger partial charge in [0.05, 0.1) is 12.3 Å². The normalized spacial score (nSPS) is 19.6. The molecule has 6 heteroatoms. The fraction of sp³-hybridized carbons (Fsp3) is 0.545. The summed E-state index contributed by atoms with van der Waals surface area (Å²) >= 11 is 1.57. The Morgan fingerprint density at radius 1 is 1.47 bits per heavy atom. The topological polar surface area (TPSA) is 54.5 Å². The second-order valence-electron chi connectivity index (χ2n) is 4.25. The predicted molar refractivity (Wildman–Crippen MR) is 68.1 cm³/mol. The Kier molecular flexibility index (Phi) is 3.38. The van der Waals surface area contributed by atoms with E-state index in [1.165, 1.54) is 4.31 Å². The average Bonchev–Trinajstić information content (AvgIpc) is 2.70. The van der Waals surface area contributed by atoms with Gasteiger partial charge in [0, 0.05) is 21.9 Å². The van der Waals surface area contributed by atoms with Gasteiger partial charge in [-0.05, 0) is 26.3 Å². The molecule has 2 rings (SSSR count). The number of rotatable bonds is 3. The number of Topliss-reactive ketones (excluding diaryl/α,β-unsaturated/α-hetero) is 1.